The number of ether oxygens (including phenoxy) is 1. The van der Waals surface area contributed by atoms with Gasteiger partial charge in [-0.3, -0.25) is 4.99 Å². The van der Waals surface area contributed by atoms with E-state index < -0.39 is 0 Å². The number of guanidine groups is 1. The van der Waals surface area contributed by atoms with Crippen LogP contribution in [0.3, 0.4) is 0 Å². The summed E-state index contributed by atoms with van der Waals surface area (Å²) in [5.74, 6) is 2.58. The number of rotatable bonds is 3. The molecule has 4 rings (SSSR count). The Morgan fingerprint density at radius 2 is 2.21 bits per heavy atom. The summed E-state index contributed by atoms with van der Waals surface area (Å²) >= 11 is 0. The highest BCUT2D eigenvalue weighted by molar-refractivity contribution is 14.0. The predicted octanol–water partition coefficient (Wildman–Crippen LogP) is 3.25. The van der Waals surface area contributed by atoms with Crippen LogP contribution in [-0.4, -0.2) is 43.7 Å². The first-order chi connectivity index (χ1) is 11.2. The minimum absolute atomic E-state index is 0. The molecule has 1 saturated heterocycles. The van der Waals surface area contributed by atoms with Gasteiger partial charge in [-0.25, -0.2) is 0 Å². The molecule has 1 N–H and O–H groups in total. The van der Waals surface area contributed by atoms with Crippen molar-refractivity contribution in [1.29, 1.82) is 0 Å². The maximum absolute atomic E-state index is 6.07. The topological polar surface area (TPSA) is 50.0 Å². The third-order valence-electron chi connectivity index (χ3n) is 6.12. The Morgan fingerprint density at radius 1 is 1.42 bits per heavy atom. The van der Waals surface area contributed by atoms with Crippen molar-refractivity contribution in [3.63, 3.8) is 0 Å². The minimum atomic E-state index is 0. The van der Waals surface area contributed by atoms with Crippen molar-refractivity contribution >= 4 is 29.9 Å². The van der Waals surface area contributed by atoms with Crippen molar-refractivity contribution in [2.75, 3.05) is 20.7 Å². The Balaban J connectivity index is 0.00000169. The molecule has 1 aromatic rings. The molecule has 2 heterocycles. The van der Waals surface area contributed by atoms with Crippen LogP contribution < -0.4 is 5.32 Å². The second-order valence-corrected chi connectivity index (χ2v) is 7.29. The number of hydrogen-bond acceptors (Lipinski definition) is 3. The lowest BCUT2D eigenvalue weighted by molar-refractivity contribution is -0.125. The molecule has 0 aromatic carbocycles. The van der Waals surface area contributed by atoms with Gasteiger partial charge in [0.2, 0.25) is 0 Å². The van der Waals surface area contributed by atoms with Gasteiger partial charge in [-0.1, -0.05) is 12.8 Å². The van der Waals surface area contributed by atoms with Gasteiger partial charge in [0.25, 0.3) is 0 Å². The van der Waals surface area contributed by atoms with Crippen LogP contribution in [0.25, 0.3) is 0 Å². The normalized spacial score (nSPS) is 30.6. The van der Waals surface area contributed by atoms with Gasteiger partial charge in [0.1, 0.15) is 5.76 Å². The lowest BCUT2D eigenvalue weighted by atomic mass is 9.54. The van der Waals surface area contributed by atoms with Crippen LogP contribution in [0.15, 0.2) is 27.8 Å². The van der Waals surface area contributed by atoms with Gasteiger partial charge in [0, 0.05) is 38.1 Å². The number of nitrogens with one attached hydrogen (secondary N) is 1. The molecular weight excluding hydrogens is 417 g/mol. The summed E-state index contributed by atoms with van der Waals surface area (Å²) < 4.78 is 11.5. The molecule has 134 valence electrons. The molecule has 1 aromatic heterocycles. The van der Waals surface area contributed by atoms with Crippen LogP contribution >= 0.6 is 24.0 Å². The van der Waals surface area contributed by atoms with Crippen molar-refractivity contribution < 1.29 is 9.15 Å². The molecule has 0 radical (unpaired) electrons. The Bertz CT molecular complexity index is 569. The maximum Gasteiger partial charge on any atom is 0.194 e. The van der Waals surface area contributed by atoms with Crippen LogP contribution in [0, 0.1) is 11.3 Å². The molecule has 24 heavy (non-hydrogen) atoms. The number of furan rings is 1. The van der Waals surface area contributed by atoms with E-state index in [-0.39, 0.29) is 24.0 Å². The van der Waals surface area contributed by atoms with Gasteiger partial charge in [0.05, 0.1) is 18.9 Å². The molecule has 6 heteroatoms. The second kappa shape index (κ2) is 7.23. The van der Waals surface area contributed by atoms with Gasteiger partial charge >= 0.3 is 0 Å². The van der Waals surface area contributed by atoms with E-state index in [0.717, 1.165) is 24.9 Å². The van der Waals surface area contributed by atoms with Crippen LogP contribution in [0.4, 0.5) is 0 Å². The number of halogens is 1. The quantitative estimate of drug-likeness (QED) is 0.441. The van der Waals surface area contributed by atoms with Gasteiger partial charge in [-0.2, -0.15) is 0 Å². The molecule has 1 spiro atoms. The van der Waals surface area contributed by atoms with E-state index in [1.165, 1.54) is 32.1 Å². The van der Waals surface area contributed by atoms with E-state index >= 15 is 0 Å². The first-order valence-electron chi connectivity index (χ1n) is 8.83. The first kappa shape index (κ1) is 18.0. The number of fused-ring (bicyclic) bond motifs is 2. The summed E-state index contributed by atoms with van der Waals surface area (Å²) in [6.07, 6.45) is 8.66. The second-order valence-electron chi connectivity index (χ2n) is 7.29. The van der Waals surface area contributed by atoms with E-state index in [4.69, 9.17) is 9.15 Å². The zero-order valence-electron chi connectivity index (χ0n) is 14.5. The summed E-state index contributed by atoms with van der Waals surface area (Å²) in [5, 5.41) is 3.77. The number of nitrogens with zero attached hydrogens (tertiary/aromatic N) is 2. The van der Waals surface area contributed by atoms with Crippen molar-refractivity contribution in [2.45, 2.75) is 50.8 Å². The Kier molecular flexibility index (Phi) is 5.44. The van der Waals surface area contributed by atoms with Crippen molar-refractivity contribution in [2.24, 2.45) is 16.3 Å². The van der Waals surface area contributed by atoms with Crippen molar-refractivity contribution in [1.82, 2.24) is 10.2 Å². The van der Waals surface area contributed by atoms with Crippen molar-refractivity contribution in [3.05, 3.63) is 24.2 Å². The van der Waals surface area contributed by atoms with Crippen LogP contribution in [0.5, 0.6) is 0 Å². The van der Waals surface area contributed by atoms with Crippen LogP contribution in [0.1, 0.15) is 37.9 Å². The van der Waals surface area contributed by atoms with Gasteiger partial charge in [-0.15, -0.1) is 24.0 Å². The molecule has 3 aliphatic rings. The average Bonchev–Trinajstić information content (AvgIpc) is 3.28. The number of aliphatic imine (C=N–C) groups is 1. The van der Waals surface area contributed by atoms with E-state index in [2.05, 4.69) is 22.3 Å². The summed E-state index contributed by atoms with van der Waals surface area (Å²) in [4.78, 5) is 6.65. The molecule has 2 aliphatic carbocycles. The lowest BCUT2D eigenvalue weighted by Crippen LogP contribution is -2.69. The average molecular weight is 445 g/mol. The fourth-order valence-electron chi connectivity index (χ4n) is 5.10. The smallest absolute Gasteiger partial charge is 0.194 e. The molecule has 5 nitrogen and oxygen atoms in total. The highest BCUT2D eigenvalue weighted by atomic mass is 127. The minimum Gasteiger partial charge on any atom is -0.467 e. The third-order valence-corrected chi connectivity index (χ3v) is 6.12. The van der Waals surface area contributed by atoms with Crippen LogP contribution in [-0.2, 0) is 11.3 Å². The zero-order chi connectivity index (χ0) is 15.9. The Morgan fingerprint density at radius 3 is 2.88 bits per heavy atom. The monoisotopic (exact) mass is 445 g/mol. The van der Waals surface area contributed by atoms with Gasteiger partial charge in [-0.05, 0) is 31.4 Å². The highest BCUT2D eigenvalue weighted by Gasteiger charge is 2.65. The molecule has 0 amide bonds. The molecule has 0 bridgehead atoms. The van der Waals surface area contributed by atoms with E-state index in [9.17, 15) is 0 Å². The maximum atomic E-state index is 6.07. The lowest BCUT2D eigenvalue weighted by Gasteiger charge is -2.57. The summed E-state index contributed by atoms with van der Waals surface area (Å²) in [6, 6.07) is 4.45. The van der Waals surface area contributed by atoms with E-state index in [0.29, 0.717) is 23.5 Å². The van der Waals surface area contributed by atoms with E-state index in [1.807, 2.05) is 19.2 Å². The Hall–Kier alpha value is -0.760. The molecule has 2 saturated carbocycles. The fraction of sp³-hybridized carbons (Fsp3) is 0.722. The van der Waals surface area contributed by atoms with E-state index in [1.54, 1.807) is 6.26 Å². The molecule has 1 aliphatic heterocycles. The predicted molar refractivity (Wildman–Crippen MR) is 105 cm³/mol. The van der Waals surface area contributed by atoms with Crippen molar-refractivity contribution in [3.8, 4) is 0 Å². The SMILES string of the molecule is CN=C(NC1C2CCOC2C12CCCC2)N(C)Cc1ccco1.I. The number of hydrogen-bond donors (Lipinski definition) is 1. The summed E-state index contributed by atoms with van der Waals surface area (Å²) in [5.41, 5.74) is 0.350. The van der Waals surface area contributed by atoms with Gasteiger partial charge < -0.3 is 19.4 Å². The standard InChI is InChI=1S/C18H27N3O2.HI/c1-19-17(21(2)12-13-6-5-10-22-13)20-15-14-7-11-23-16(14)18(15)8-3-4-9-18;/h5-6,10,14-16H,3-4,7-9,11-12H2,1-2H3,(H,19,20);1H. The molecular formula is C18H28IN3O2. The molecule has 3 fully saturated rings. The van der Waals surface area contributed by atoms with Crippen LogP contribution in [0.2, 0.25) is 0 Å². The first-order valence-corrected chi connectivity index (χ1v) is 8.83. The summed E-state index contributed by atoms with van der Waals surface area (Å²) in [7, 11) is 3.93. The molecule has 3 atom stereocenters. The van der Waals surface area contributed by atoms with Gasteiger partial charge in [0.15, 0.2) is 5.96 Å². The fourth-order valence-corrected chi connectivity index (χ4v) is 5.10. The third kappa shape index (κ3) is 2.85. The summed E-state index contributed by atoms with van der Waals surface area (Å²) in [6.45, 7) is 1.66. The zero-order valence-corrected chi connectivity index (χ0v) is 16.9. The Labute approximate surface area is 161 Å². The largest absolute Gasteiger partial charge is 0.467 e. The highest BCUT2D eigenvalue weighted by Crippen LogP contribution is 2.60. The molecule has 3 unspecified atom stereocenters.